The van der Waals surface area contributed by atoms with E-state index < -0.39 is 0 Å². The molecule has 0 radical (unpaired) electrons. The van der Waals surface area contributed by atoms with Crippen molar-refractivity contribution >= 4 is 11.6 Å². The molecule has 2 aromatic rings. The predicted octanol–water partition coefficient (Wildman–Crippen LogP) is 4.80. The van der Waals surface area contributed by atoms with Crippen LogP contribution in [0.1, 0.15) is 49.2 Å². The highest BCUT2D eigenvalue weighted by Gasteiger charge is 2.14. The Morgan fingerprint density at radius 1 is 1.00 bits per heavy atom. The average Bonchev–Trinajstić information content (AvgIpc) is 2.47. The van der Waals surface area contributed by atoms with Crippen molar-refractivity contribution in [1.82, 2.24) is 0 Å². The number of hydrogen-bond acceptors (Lipinski definition) is 1. The van der Waals surface area contributed by atoms with Crippen LogP contribution >= 0.6 is 0 Å². The summed E-state index contributed by atoms with van der Waals surface area (Å²) in [5, 5.41) is 3.00. The van der Waals surface area contributed by atoms with E-state index in [1.54, 1.807) is 0 Å². The van der Waals surface area contributed by atoms with Crippen molar-refractivity contribution in [1.29, 1.82) is 0 Å². The van der Waals surface area contributed by atoms with Gasteiger partial charge in [-0.2, -0.15) is 0 Å². The molecule has 0 unspecified atom stereocenters. The highest BCUT2D eigenvalue weighted by molar-refractivity contribution is 6.04. The molecule has 0 saturated carbocycles. The molecule has 1 N–H and O–H groups in total. The third kappa shape index (κ3) is 3.72. The first-order valence-corrected chi connectivity index (χ1v) is 7.41. The molecule has 0 atom stereocenters. The second-order valence-electron chi connectivity index (χ2n) is 6.29. The van der Waals surface area contributed by atoms with Gasteiger partial charge in [-0.1, -0.05) is 58.0 Å². The van der Waals surface area contributed by atoms with Gasteiger partial charge in [-0.15, -0.1) is 0 Å². The summed E-state index contributed by atoms with van der Waals surface area (Å²) in [5.74, 6) is -0.0589. The number of carbonyl (C=O) groups is 1. The molecule has 21 heavy (non-hydrogen) atoms. The second kappa shape index (κ2) is 6.13. The number of hydrogen-bond donors (Lipinski definition) is 1. The van der Waals surface area contributed by atoms with Crippen molar-refractivity contribution in [2.45, 2.75) is 39.5 Å². The molecule has 110 valence electrons. The lowest BCUT2D eigenvalue weighted by molar-refractivity contribution is 0.102. The van der Waals surface area contributed by atoms with Gasteiger partial charge >= 0.3 is 0 Å². The molecule has 2 aromatic carbocycles. The van der Waals surface area contributed by atoms with Crippen molar-refractivity contribution in [3.8, 4) is 0 Å². The Balaban J connectivity index is 2.17. The minimum atomic E-state index is -0.0589. The number of carbonyl (C=O) groups excluding carboxylic acids is 1. The van der Waals surface area contributed by atoms with Crippen LogP contribution in [0.5, 0.6) is 0 Å². The number of rotatable bonds is 3. The van der Waals surface area contributed by atoms with Crippen LogP contribution in [0.3, 0.4) is 0 Å². The van der Waals surface area contributed by atoms with Crippen molar-refractivity contribution in [2.24, 2.45) is 0 Å². The minimum Gasteiger partial charge on any atom is -0.322 e. The maximum absolute atomic E-state index is 12.3. The number of benzene rings is 2. The molecule has 0 fully saturated rings. The van der Waals surface area contributed by atoms with Gasteiger partial charge in [-0.05, 0) is 41.2 Å². The van der Waals surface area contributed by atoms with E-state index >= 15 is 0 Å². The molecule has 0 spiro atoms. The number of anilines is 1. The van der Waals surface area contributed by atoms with E-state index in [2.05, 4.69) is 33.0 Å². The van der Waals surface area contributed by atoms with E-state index in [-0.39, 0.29) is 11.3 Å². The van der Waals surface area contributed by atoms with Gasteiger partial charge in [0.1, 0.15) is 0 Å². The molecule has 0 aliphatic carbocycles. The standard InChI is InChI=1S/C19H23NO/c1-5-14-8-6-7-9-17(14)20-18(21)15-10-12-16(13-11-15)19(2,3)4/h6-13H,5H2,1-4H3,(H,20,21). The summed E-state index contributed by atoms with van der Waals surface area (Å²) in [5.41, 5.74) is 4.06. The first-order chi connectivity index (χ1) is 9.91. The lowest BCUT2D eigenvalue weighted by atomic mass is 9.86. The van der Waals surface area contributed by atoms with Crippen LogP contribution in [0.25, 0.3) is 0 Å². The molecule has 2 heteroatoms. The first-order valence-electron chi connectivity index (χ1n) is 7.41. The highest BCUT2D eigenvalue weighted by Crippen LogP contribution is 2.23. The Morgan fingerprint density at radius 3 is 2.19 bits per heavy atom. The Kier molecular flexibility index (Phi) is 4.46. The Labute approximate surface area is 127 Å². The van der Waals surface area contributed by atoms with Gasteiger partial charge in [0.25, 0.3) is 5.91 Å². The molecule has 2 rings (SSSR count). The number of para-hydroxylation sites is 1. The van der Waals surface area contributed by atoms with Gasteiger partial charge in [-0.3, -0.25) is 4.79 Å². The van der Waals surface area contributed by atoms with E-state index in [4.69, 9.17) is 0 Å². The SMILES string of the molecule is CCc1ccccc1NC(=O)c1ccc(C(C)(C)C)cc1. The summed E-state index contributed by atoms with van der Waals surface area (Å²) in [6, 6.07) is 15.8. The number of amides is 1. The maximum Gasteiger partial charge on any atom is 0.255 e. The maximum atomic E-state index is 12.3. The summed E-state index contributed by atoms with van der Waals surface area (Å²) >= 11 is 0. The summed E-state index contributed by atoms with van der Waals surface area (Å²) in [4.78, 5) is 12.3. The highest BCUT2D eigenvalue weighted by atomic mass is 16.1. The van der Waals surface area contributed by atoms with Crippen LogP contribution in [0.4, 0.5) is 5.69 Å². The molecular formula is C19H23NO. The largest absolute Gasteiger partial charge is 0.322 e. The topological polar surface area (TPSA) is 29.1 Å². The van der Waals surface area contributed by atoms with E-state index in [1.807, 2.05) is 48.5 Å². The van der Waals surface area contributed by atoms with Crippen molar-refractivity contribution in [3.63, 3.8) is 0 Å². The molecule has 0 bridgehead atoms. The van der Waals surface area contributed by atoms with Crippen molar-refractivity contribution in [2.75, 3.05) is 5.32 Å². The van der Waals surface area contributed by atoms with E-state index in [1.165, 1.54) is 5.56 Å². The van der Waals surface area contributed by atoms with E-state index in [9.17, 15) is 4.79 Å². The normalized spacial score (nSPS) is 11.2. The van der Waals surface area contributed by atoms with Crippen molar-refractivity contribution < 1.29 is 4.79 Å². The Morgan fingerprint density at radius 2 is 1.62 bits per heavy atom. The molecule has 0 aliphatic rings. The lowest BCUT2D eigenvalue weighted by Gasteiger charge is -2.19. The molecule has 2 nitrogen and oxygen atoms in total. The monoisotopic (exact) mass is 281 g/mol. The van der Waals surface area contributed by atoms with Gasteiger partial charge < -0.3 is 5.32 Å². The van der Waals surface area contributed by atoms with Crippen LogP contribution in [-0.2, 0) is 11.8 Å². The van der Waals surface area contributed by atoms with Crippen LogP contribution in [0, 0.1) is 0 Å². The van der Waals surface area contributed by atoms with Gasteiger partial charge in [0.2, 0.25) is 0 Å². The Bertz CT molecular complexity index is 621. The quantitative estimate of drug-likeness (QED) is 0.860. The van der Waals surface area contributed by atoms with Gasteiger partial charge in [0, 0.05) is 11.3 Å². The van der Waals surface area contributed by atoms with E-state index in [0.29, 0.717) is 5.56 Å². The van der Waals surface area contributed by atoms with Crippen LogP contribution < -0.4 is 5.32 Å². The minimum absolute atomic E-state index is 0.0589. The summed E-state index contributed by atoms with van der Waals surface area (Å²) in [6.45, 7) is 8.59. The summed E-state index contributed by atoms with van der Waals surface area (Å²) in [6.07, 6.45) is 0.902. The number of nitrogens with one attached hydrogen (secondary N) is 1. The Hall–Kier alpha value is -2.09. The fourth-order valence-electron chi connectivity index (χ4n) is 2.27. The summed E-state index contributed by atoms with van der Waals surface area (Å²) in [7, 11) is 0. The second-order valence-corrected chi connectivity index (χ2v) is 6.29. The fraction of sp³-hybridized carbons (Fsp3) is 0.316. The zero-order valence-corrected chi connectivity index (χ0v) is 13.2. The summed E-state index contributed by atoms with van der Waals surface area (Å²) < 4.78 is 0. The lowest BCUT2D eigenvalue weighted by Crippen LogP contribution is -2.15. The third-order valence-electron chi connectivity index (χ3n) is 3.66. The number of aryl methyl sites for hydroxylation is 1. The first kappa shape index (κ1) is 15.3. The third-order valence-corrected chi connectivity index (χ3v) is 3.66. The molecule has 0 saturated heterocycles. The fourth-order valence-corrected chi connectivity index (χ4v) is 2.27. The zero-order valence-electron chi connectivity index (χ0n) is 13.2. The van der Waals surface area contributed by atoms with Crippen molar-refractivity contribution in [3.05, 3.63) is 65.2 Å². The molecular weight excluding hydrogens is 258 g/mol. The molecule has 0 heterocycles. The smallest absolute Gasteiger partial charge is 0.255 e. The van der Waals surface area contributed by atoms with Gasteiger partial charge in [0.05, 0.1) is 0 Å². The zero-order chi connectivity index (χ0) is 15.5. The van der Waals surface area contributed by atoms with Crippen LogP contribution in [0.2, 0.25) is 0 Å². The van der Waals surface area contributed by atoms with Crippen LogP contribution in [0.15, 0.2) is 48.5 Å². The average molecular weight is 281 g/mol. The molecule has 0 aromatic heterocycles. The predicted molar refractivity (Wildman–Crippen MR) is 88.9 cm³/mol. The molecule has 1 amide bonds. The van der Waals surface area contributed by atoms with Gasteiger partial charge in [-0.25, -0.2) is 0 Å². The molecule has 0 aliphatic heterocycles. The van der Waals surface area contributed by atoms with Crippen LogP contribution in [-0.4, -0.2) is 5.91 Å². The van der Waals surface area contributed by atoms with E-state index in [0.717, 1.165) is 17.7 Å². The van der Waals surface area contributed by atoms with Gasteiger partial charge in [0.15, 0.2) is 0 Å².